The zero-order valence-corrected chi connectivity index (χ0v) is 13.5. The average Bonchev–Trinajstić information content (AvgIpc) is 2.54. The van der Waals surface area contributed by atoms with Crippen LogP contribution in [0.1, 0.15) is 55.3 Å². The van der Waals surface area contributed by atoms with Gasteiger partial charge in [0, 0.05) is 12.0 Å². The van der Waals surface area contributed by atoms with Crippen molar-refractivity contribution < 1.29 is 0 Å². The van der Waals surface area contributed by atoms with Gasteiger partial charge >= 0.3 is 0 Å². The van der Waals surface area contributed by atoms with Gasteiger partial charge in [-0.2, -0.15) is 0 Å². The van der Waals surface area contributed by atoms with Gasteiger partial charge in [-0.1, -0.05) is 74.9 Å². The second kappa shape index (κ2) is 7.99. The lowest BCUT2D eigenvalue weighted by Crippen LogP contribution is -2.23. The van der Waals surface area contributed by atoms with Crippen LogP contribution in [0.4, 0.5) is 0 Å². The van der Waals surface area contributed by atoms with E-state index in [4.69, 9.17) is 0 Å². The molecule has 0 saturated heterocycles. The molecule has 1 nitrogen and oxygen atoms in total. The molecule has 2 aromatic carbocycles. The smallest absolute Gasteiger partial charge is 0.0387 e. The van der Waals surface area contributed by atoms with Gasteiger partial charge in [-0.3, -0.25) is 0 Å². The normalized spacial score (nSPS) is 13.9. The molecule has 0 amide bonds. The minimum atomic E-state index is 0.370. The first-order valence-corrected chi connectivity index (χ1v) is 8.11. The summed E-state index contributed by atoms with van der Waals surface area (Å²) < 4.78 is 0. The van der Waals surface area contributed by atoms with Crippen LogP contribution in [0.15, 0.2) is 54.6 Å². The van der Waals surface area contributed by atoms with E-state index < -0.39 is 0 Å². The van der Waals surface area contributed by atoms with Crippen molar-refractivity contribution in [3.63, 3.8) is 0 Å². The van der Waals surface area contributed by atoms with Gasteiger partial charge in [0.15, 0.2) is 0 Å². The summed E-state index contributed by atoms with van der Waals surface area (Å²) >= 11 is 0. The summed E-state index contributed by atoms with van der Waals surface area (Å²) in [4.78, 5) is 0. The Morgan fingerprint density at radius 2 is 1.62 bits per heavy atom. The molecule has 0 aromatic heterocycles. The van der Waals surface area contributed by atoms with E-state index in [2.05, 4.69) is 80.8 Å². The van der Waals surface area contributed by atoms with Crippen LogP contribution in [0.3, 0.4) is 0 Å². The topological polar surface area (TPSA) is 12.0 Å². The molecule has 0 aliphatic rings. The molecule has 0 aliphatic heterocycles. The summed E-state index contributed by atoms with van der Waals surface area (Å²) in [6, 6.07) is 20.3. The van der Waals surface area contributed by atoms with E-state index in [-0.39, 0.29) is 0 Å². The summed E-state index contributed by atoms with van der Waals surface area (Å²) in [6.07, 6.45) is 3.49. The summed E-state index contributed by atoms with van der Waals surface area (Å²) in [6.45, 7) is 4.51. The van der Waals surface area contributed by atoms with Crippen LogP contribution in [-0.4, -0.2) is 7.05 Å². The van der Waals surface area contributed by atoms with Gasteiger partial charge in [-0.25, -0.2) is 0 Å². The molecular weight excluding hydrogens is 254 g/mol. The molecule has 2 rings (SSSR count). The van der Waals surface area contributed by atoms with E-state index in [1.165, 1.54) is 23.1 Å². The molecule has 0 bridgehead atoms. The zero-order chi connectivity index (χ0) is 15.1. The lowest BCUT2D eigenvalue weighted by Gasteiger charge is -2.27. The third-order valence-corrected chi connectivity index (χ3v) is 4.23. The van der Waals surface area contributed by atoms with Crippen LogP contribution in [0, 0.1) is 0 Å². The van der Waals surface area contributed by atoms with Crippen LogP contribution in [0.2, 0.25) is 0 Å². The Morgan fingerprint density at radius 3 is 2.24 bits per heavy atom. The van der Waals surface area contributed by atoms with Gasteiger partial charge in [0.25, 0.3) is 0 Å². The molecule has 1 heteroatoms. The van der Waals surface area contributed by atoms with E-state index in [1.54, 1.807) is 0 Å². The van der Waals surface area contributed by atoms with Gasteiger partial charge in [-0.15, -0.1) is 0 Å². The molecule has 0 spiro atoms. The SMILES string of the molecule is CCCc1cccc(C(NC)C(CC)c2ccccc2)c1. The fourth-order valence-corrected chi connectivity index (χ4v) is 3.19. The van der Waals surface area contributed by atoms with Gasteiger partial charge < -0.3 is 5.32 Å². The second-order valence-corrected chi connectivity index (χ2v) is 5.69. The van der Waals surface area contributed by atoms with Crippen molar-refractivity contribution in [3.05, 3.63) is 71.3 Å². The molecule has 1 N–H and O–H groups in total. The summed E-state index contributed by atoms with van der Waals surface area (Å²) in [7, 11) is 2.07. The van der Waals surface area contributed by atoms with E-state index in [0.29, 0.717) is 12.0 Å². The van der Waals surface area contributed by atoms with E-state index >= 15 is 0 Å². The molecule has 2 unspecified atom stereocenters. The van der Waals surface area contributed by atoms with E-state index in [0.717, 1.165) is 12.8 Å². The predicted molar refractivity (Wildman–Crippen MR) is 91.7 cm³/mol. The molecule has 2 atom stereocenters. The molecule has 0 radical (unpaired) electrons. The van der Waals surface area contributed by atoms with E-state index in [9.17, 15) is 0 Å². The van der Waals surface area contributed by atoms with Gasteiger partial charge in [0.2, 0.25) is 0 Å². The Kier molecular flexibility index (Phi) is 6.01. The Hall–Kier alpha value is -1.60. The molecule has 0 heterocycles. The van der Waals surface area contributed by atoms with Crippen molar-refractivity contribution in [3.8, 4) is 0 Å². The highest BCUT2D eigenvalue weighted by molar-refractivity contribution is 5.31. The van der Waals surface area contributed by atoms with Crippen molar-refractivity contribution in [2.24, 2.45) is 0 Å². The van der Waals surface area contributed by atoms with Crippen molar-refractivity contribution in [1.29, 1.82) is 0 Å². The number of benzene rings is 2. The molecule has 112 valence electrons. The fraction of sp³-hybridized carbons (Fsp3) is 0.400. The third-order valence-electron chi connectivity index (χ3n) is 4.23. The van der Waals surface area contributed by atoms with Crippen molar-refractivity contribution in [2.45, 2.75) is 45.1 Å². The monoisotopic (exact) mass is 281 g/mol. The van der Waals surface area contributed by atoms with Crippen LogP contribution < -0.4 is 5.32 Å². The number of nitrogens with one attached hydrogen (secondary N) is 1. The Labute approximate surface area is 129 Å². The van der Waals surface area contributed by atoms with Crippen molar-refractivity contribution in [1.82, 2.24) is 5.32 Å². The minimum Gasteiger partial charge on any atom is -0.312 e. The molecule has 0 aliphatic carbocycles. The van der Waals surface area contributed by atoms with E-state index in [1.807, 2.05) is 0 Å². The number of hydrogen-bond acceptors (Lipinski definition) is 1. The van der Waals surface area contributed by atoms with Crippen LogP contribution in [-0.2, 0) is 6.42 Å². The number of hydrogen-bond donors (Lipinski definition) is 1. The first-order chi connectivity index (χ1) is 10.3. The Bertz CT molecular complexity index is 533. The summed E-state index contributed by atoms with van der Waals surface area (Å²) in [5.41, 5.74) is 4.26. The highest BCUT2D eigenvalue weighted by Crippen LogP contribution is 2.33. The predicted octanol–water partition coefficient (Wildman–Crippen LogP) is 5.09. The maximum absolute atomic E-state index is 3.54. The Balaban J connectivity index is 2.31. The first-order valence-electron chi connectivity index (χ1n) is 8.11. The molecule has 0 fully saturated rings. The Morgan fingerprint density at radius 1 is 0.905 bits per heavy atom. The van der Waals surface area contributed by atoms with Gasteiger partial charge in [-0.05, 0) is 36.6 Å². The lowest BCUT2D eigenvalue weighted by molar-refractivity contribution is 0.468. The highest BCUT2D eigenvalue weighted by Gasteiger charge is 2.21. The zero-order valence-electron chi connectivity index (χ0n) is 13.5. The van der Waals surface area contributed by atoms with Gasteiger partial charge in [0.05, 0.1) is 0 Å². The minimum absolute atomic E-state index is 0.370. The third kappa shape index (κ3) is 3.95. The number of aryl methyl sites for hydroxylation is 1. The van der Waals surface area contributed by atoms with Crippen molar-refractivity contribution in [2.75, 3.05) is 7.05 Å². The quantitative estimate of drug-likeness (QED) is 0.745. The number of likely N-dealkylation sites (N-methyl/N-ethyl adjacent to an activating group) is 1. The highest BCUT2D eigenvalue weighted by atomic mass is 14.9. The fourth-order valence-electron chi connectivity index (χ4n) is 3.19. The number of rotatable bonds is 7. The summed E-state index contributed by atoms with van der Waals surface area (Å²) in [5.74, 6) is 0.507. The average molecular weight is 281 g/mol. The maximum atomic E-state index is 3.54. The first kappa shape index (κ1) is 15.8. The van der Waals surface area contributed by atoms with Gasteiger partial charge in [0.1, 0.15) is 0 Å². The lowest BCUT2D eigenvalue weighted by atomic mass is 9.84. The standard InChI is InChI=1S/C20H27N/c1-4-10-16-11-9-14-18(15-16)20(21-3)19(5-2)17-12-7-6-8-13-17/h6-9,11-15,19-21H,4-5,10H2,1-3H3. The van der Waals surface area contributed by atoms with Crippen LogP contribution in [0.25, 0.3) is 0 Å². The van der Waals surface area contributed by atoms with Crippen molar-refractivity contribution >= 4 is 0 Å². The molecular formula is C20H27N. The largest absolute Gasteiger partial charge is 0.312 e. The summed E-state index contributed by atoms with van der Waals surface area (Å²) in [5, 5.41) is 3.54. The van der Waals surface area contributed by atoms with Crippen LogP contribution >= 0.6 is 0 Å². The molecule has 21 heavy (non-hydrogen) atoms. The molecule has 2 aromatic rings. The van der Waals surface area contributed by atoms with Crippen LogP contribution in [0.5, 0.6) is 0 Å². The second-order valence-electron chi connectivity index (χ2n) is 5.69. The molecule has 0 saturated carbocycles. The maximum Gasteiger partial charge on any atom is 0.0387 e.